The van der Waals surface area contributed by atoms with Crippen molar-refractivity contribution < 1.29 is 18.5 Å². The van der Waals surface area contributed by atoms with Gasteiger partial charge in [0.2, 0.25) is 23.5 Å². The highest BCUT2D eigenvalue weighted by molar-refractivity contribution is 5.78. The van der Waals surface area contributed by atoms with E-state index < -0.39 is 0 Å². The monoisotopic (exact) mass is 413 g/mol. The average Bonchev–Trinajstić information content (AvgIpc) is 3.45. The van der Waals surface area contributed by atoms with Gasteiger partial charge in [-0.1, -0.05) is 5.16 Å². The molecule has 2 N–H and O–H groups in total. The molecule has 3 saturated heterocycles. The van der Waals surface area contributed by atoms with E-state index in [4.69, 9.17) is 8.94 Å². The molecule has 160 valence electrons. The number of aryl methyl sites for hydroxylation is 1. The minimum absolute atomic E-state index is 0.0698. The van der Waals surface area contributed by atoms with Gasteiger partial charge in [0.15, 0.2) is 5.76 Å². The Morgan fingerprint density at radius 3 is 3.10 bits per heavy atom. The molecule has 0 saturated carbocycles. The van der Waals surface area contributed by atoms with E-state index in [9.17, 15) is 9.59 Å². The molecule has 2 amide bonds. The van der Waals surface area contributed by atoms with Crippen molar-refractivity contribution in [2.24, 2.45) is 11.8 Å². The van der Waals surface area contributed by atoms with Gasteiger partial charge in [0, 0.05) is 38.4 Å². The smallest absolute Gasteiger partial charge is 0.238 e. The van der Waals surface area contributed by atoms with E-state index in [0.717, 1.165) is 32.4 Å². The number of nitrogens with zero attached hydrogens (tertiary/aromatic N) is 3. The summed E-state index contributed by atoms with van der Waals surface area (Å²) in [7, 11) is 0. The van der Waals surface area contributed by atoms with Gasteiger partial charge < -0.3 is 24.5 Å². The summed E-state index contributed by atoms with van der Waals surface area (Å²) in [6.07, 6.45) is 5.99. The molecule has 5 rings (SSSR count). The number of hydrogen-bond donors (Lipinski definition) is 2. The number of amides is 2. The molecule has 3 aliphatic heterocycles. The van der Waals surface area contributed by atoms with Crippen molar-refractivity contribution in [3.05, 3.63) is 24.3 Å². The van der Waals surface area contributed by atoms with Gasteiger partial charge in [-0.15, -0.1) is 0 Å². The summed E-state index contributed by atoms with van der Waals surface area (Å²) in [5.74, 6) is 2.44. The van der Waals surface area contributed by atoms with Gasteiger partial charge in [0.05, 0.1) is 12.3 Å². The minimum atomic E-state index is -0.0698. The van der Waals surface area contributed by atoms with Gasteiger partial charge in [0.1, 0.15) is 0 Å². The molecule has 0 unspecified atom stereocenters. The summed E-state index contributed by atoms with van der Waals surface area (Å²) in [4.78, 5) is 31.5. The Kier molecular flexibility index (Phi) is 5.28. The van der Waals surface area contributed by atoms with Crippen molar-refractivity contribution in [1.82, 2.24) is 25.7 Å². The molecular formula is C21H27N5O4. The molecule has 0 aliphatic carbocycles. The maximum atomic E-state index is 12.7. The predicted molar refractivity (Wildman–Crippen MR) is 106 cm³/mol. The summed E-state index contributed by atoms with van der Waals surface area (Å²) < 4.78 is 10.5. The number of fused-ring (bicyclic) bond motifs is 4. The molecule has 30 heavy (non-hydrogen) atoms. The lowest BCUT2D eigenvalue weighted by Gasteiger charge is -2.54. The molecule has 2 aromatic heterocycles. The van der Waals surface area contributed by atoms with Gasteiger partial charge in [-0.2, -0.15) is 4.98 Å². The first-order valence-corrected chi connectivity index (χ1v) is 10.8. The van der Waals surface area contributed by atoms with Crippen LogP contribution in [0.5, 0.6) is 0 Å². The number of aromatic nitrogens is 2. The van der Waals surface area contributed by atoms with Crippen LogP contribution in [0.3, 0.4) is 0 Å². The third-order valence-electron chi connectivity index (χ3n) is 6.68. The number of piperidine rings is 3. The van der Waals surface area contributed by atoms with E-state index in [2.05, 4.69) is 25.7 Å². The van der Waals surface area contributed by atoms with Crippen molar-refractivity contribution in [3.8, 4) is 11.6 Å². The van der Waals surface area contributed by atoms with E-state index in [0.29, 0.717) is 54.7 Å². The SMILES string of the molecule is O=C(CCc1nc(-c2ccco2)no1)NC[C@H]1[C@@H]2CNC[C@@H](C2)[C@@H]2CCCC(=O)N21. The van der Waals surface area contributed by atoms with E-state index in [1.807, 2.05) is 0 Å². The molecule has 4 atom stereocenters. The highest BCUT2D eigenvalue weighted by atomic mass is 16.5. The fourth-order valence-electron chi connectivity index (χ4n) is 5.29. The second-order valence-electron chi connectivity index (χ2n) is 8.54. The van der Waals surface area contributed by atoms with Gasteiger partial charge in [-0.05, 0) is 49.8 Å². The molecular weight excluding hydrogens is 386 g/mol. The first-order chi connectivity index (χ1) is 14.7. The molecule has 9 heteroatoms. The van der Waals surface area contributed by atoms with Crippen molar-refractivity contribution in [2.45, 2.75) is 50.6 Å². The molecule has 3 fully saturated rings. The van der Waals surface area contributed by atoms with Crippen LogP contribution in [-0.4, -0.2) is 58.6 Å². The minimum Gasteiger partial charge on any atom is -0.461 e. The Balaban J connectivity index is 1.17. The van der Waals surface area contributed by atoms with Crippen molar-refractivity contribution in [3.63, 3.8) is 0 Å². The molecule has 2 aromatic rings. The predicted octanol–water partition coefficient (Wildman–Crippen LogP) is 1.37. The molecule has 0 spiro atoms. The standard InChI is InChI=1S/C21H27N5O4/c27-18(6-7-19-24-21(25-30-19)17-4-2-8-29-17)23-12-16-14-9-13(10-22-11-14)15-3-1-5-20(28)26(15)16/h2,4,8,13-16,22H,1,3,5-7,9-12H2,(H,23,27)/t13-,14+,15+,16+/m1/s1. The molecule has 0 radical (unpaired) electrons. The Morgan fingerprint density at radius 2 is 2.23 bits per heavy atom. The summed E-state index contributed by atoms with van der Waals surface area (Å²) in [6.45, 7) is 2.40. The zero-order valence-corrected chi connectivity index (χ0v) is 16.9. The topological polar surface area (TPSA) is 113 Å². The van der Waals surface area contributed by atoms with Gasteiger partial charge in [0.25, 0.3) is 0 Å². The lowest BCUT2D eigenvalue weighted by Crippen LogP contribution is -2.66. The third kappa shape index (κ3) is 3.74. The molecule has 0 aromatic carbocycles. The number of nitrogens with one attached hydrogen (secondary N) is 2. The largest absolute Gasteiger partial charge is 0.461 e. The number of furan rings is 1. The van der Waals surface area contributed by atoms with Crippen molar-refractivity contribution >= 4 is 11.8 Å². The molecule has 3 aliphatic rings. The fourth-order valence-corrected chi connectivity index (χ4v) is 5.29. The lowest BCUT2D eigenvalue weighted by molar-refractivity contribution is -0.149. The van der Waals surface area contributed by atoms with Gasteiger partial charge in [-0.3, -0.25) is 9.59 Å². The van der Waals surface area contributed by atoms with Crippen molar-refractivity contribution in [2.75, 3.05) is 19.6 Å². The maximum absolute atomic E-state index is 12.7. The summed E-state index contributed by atoms with van der Waals surface area (Å²) in [5.41, 5.74) is 0. The van der Waals surface area contributed by atoms with E-state index in [-0.39, 0.29) is 24.3 Å². The first kappa shape index (κ1) is 19.3. The quantitative estimate of drug-likeness (QED) is 0.735. The number of rotatable bonds is 6. The Hall–Kier alpha value is -2.68. The second kappa shape index (κ2) is 8.22. The van der Waals surface area contributed by atoms with Crippen LogP contribution in [0.1, 0.15) is 38.0 Å². The Labute approximate surface area is 174 Å². The number of hydrogen-bond acceptors (Lipinski definition) is 7. The molecule has 9 nitrogen and oxygen atoms in total. The van der Waals surface area contributed by atoms with Crippen LogP contribution in [0.4, 0.5) is 0 Å². The number of carbonyl (C=O) groups is 2. The number of carbonyl (C=O) groups excluding carboxylic acids is 2. The third-order valence-corrected chi connectivity index (χ3v) is 6.68. The normalized spacial score (nSPS) is 28.3. The van der Waals surface area contributed by atoms with E-state index >= 15 is 0 Å². The fraction of sp³-hybridized carbons (Fsp3) is 0.619. The van der Waals surface area contributed by atoms with Crippen LogP contribution in [0, 0.1) is 11.8 Å². The zero-order chi connectivity index (χ0) is 20.5. The second-order valence-corrected chi connectivity index (χ2v) is 8.54. The van der Waals surface area contributed by atoms with Crippen LogP contribution in [0.25, 0.3) is 11.6 Å². The van der Waals surface area contributed by atoms with Crippen molar-refractivity contribution in [1.29, 1.82) is 0 Å². The highest BCUT2D eigenvalue weighted by Gasteiger charge is 2.47. The van der Waals surface area contributed by atoms with Crippen LogP contribution >= 0.6 is 0 Å². The molecule has 5 heterocycles. The van der Waals surface area contributed by atoms with E-state index in [1.54, 1.807) is 18.4 Å². The maximum Gasteiger partial charge on any atom is 0.238 e. The summed E-state index contributed by atoms with van der Waals surface area (Å²) in [5, 5.41) is 10.5. The van der Waals surface area contributed by atoms with Crippen LogP contribution in [-0.2, 0) is 16.0 Å². The van der Waals surface area contributed by atoms with E-state index in [1.165, 1.54) is 0 Å². The van der Waals surface area contributed by atoms with Crippen LogP contribution in [0.15, 0.2) is 27.3 Å². The Bertz CT molecular complexity index is 895. The van der Waals surface area contributed by atoms with Gasteiger partial charge >= 0.3 is 0 Å². The molecule has 2 bridgehead atoms. The Morgan fingerprint density at radius 1 is 1.33 bits per heavy atom. The van der Waals surface area contributed by atoms with Gasteiger partial charge in [-0.25, -0.2) is 0 Å². The summed E-state index contributed by atoms with van der Waals surface area (Å²) in [6, 6.07) is 3.90. The summed E-state index contributed by atoms with van der Waals surface area (Å²) >= 11 is 0. The highest BCUT2D eigenvalue weighted by Crippen LogP contribution is 2.39. The lowest BCUT2D eigenvalue weighted by atomic mass is 9.72. The van der Waals surface area contributed by atoms with Crippen LogP contribution in [0.2, 0.25) is 0 Å². The first-order valence-electron chi connectivity index (χ1n) is 10.8. The average molecular weight is 413 g/mol. The zero-order valence-electron chi connectivity index (χ0n) is 16.9. The van der Waals surface area contributed by atoms with Crippen LogP contribution < -0.4 is 10.6 Å².